The fraction of sp³-hybridized carbons (Fsp3) is 0. The molecule has 6 nitrogen and oxygen atoms in total. The topological polar surface area (TPSA) is 112 Å². The minimum Gasteiger partial charge on any atom is -0.478 e. The summed E-state index contributed by atoms with van der Waals surface area (Å²) in [7, 11) is 0. The van der Waals surface area contributed by atoms with Gasteiger partial charge in [-0.25, -0.2) is 14.4 Å². The molecule has 97 valence electrons. The summed E-state index contributed by atoms with van der Waals surface area (Å²) in [5.74, 6) is -4.54. The van der Waals surface area contributed by atoms with Crippen molar-refractivity contribution in [1.29, 1.82) is 0 Å². The van der Waals surface area contributed by atoms with E-state index in [9.17, 15) is 14.4 Å². The van der Waals surface area contributed by atoms with Gasteiger partial charge in [0, 0.05) is 51.4 Å². The van der Waals surface area contributed by atoms with Crippen molar-refractivity contribution in [3.8, 4) is 0 Å². The van der Waals surface area contributed by atoms with Gasteiger partial charge in [-0.2, -0.15) is 0 Å². The van der Waals surface area contributed by atoms with Crippen LogP contribution in [0.15, 0.2) is 30.3 Å². The normalized spacial score (nSPS) is 9.80. The third-order valence-corrected chi connectivity index (χ3v) is 2.71. The molecule has 0 aliphatic rings. The molecule has 2 rings (SSSR count). The average molecular weight is 299 g/mol. The number of hydrogen-bond acceptors (Lipinski definition) is 3. The van der Waals surface area contributed by atoms with Crippen molar-refractivity contribution in [3.63, 3.8) is 0 Å². The molecule has 1 radical (unpaired) electrons. The average Bonchev–Trinajstić information content (AvgIpc) is 2.35. The molecular formula is C13H8KO6. The van der Waals surface area contributed by atoms with Crippen LogP contribution in [0.5, 0.6) is 0 Å². The maximum Gasteiger partial charge on any atom is 0.337 e. The molecule has 20 heavy (non-hydrogen) atoms. The first-order valence-electron chi connectivity index (χ1n) is 5.19. The predicted octanol–water partition coefficient (Wildman–Crippen LogP) is 1.55. The molecule has 0 heterocycles. The van der Waals surface area contributed by atoms with Crippen LogP contribution in [0.1, 0.15) is 31.1 Å². The number of carboxylic acids is 3. The van der Waals surface area contributed by atoms with Crippen LogP contribution in [-0.2, 0) is 0 Å². The number of carboxylic acid groups (broad SMARTS) is 3. The van der Waals surface area contributed by atoms with Crippen molar-refractivity contribution in [1.82, 2.24) is 0 Å². The monoisotopic (exact) mass is 299 g/mol. The fourth-order valence-corrected chi connectivity index (χ4v) is 1.96. The third kappa shape index (κ3) is 2.91. The van der Waals surface area contributed by atoms with Crippen LogP contribution >= 0.6 is 0 Å². The molecule has 0 amide bonds. The Morgan fingerprint density at radius 1 is 0.800 bits per heavy atom. The number of benzene rings is 2. The zero-order valence-corrected chi connectivity index (χ0v) is 13.6. The molecule has 7 heteroatoms. The standard InChI is InChI=1S/C13H8O6.K/c14-11(15)8-5-6-3-1-2-4-7(6)9(12(16)17)10(8)13(18)19;/h1-5H,(H,14,15)(H,16,17)(H,18,19);. The van der Waals surface area contributed by atoms with E-state index in [2.05, 4.69) is 0 Å². The van der Waals surface area contributed by atoms with Crippen molar-refractivity contribution in [2.45, 2.75) is 0 Å². The van der Waals surface area contributed by atoms with Gasteiger partial charge in [-0.3, -0.25) is 0 Å². The molecule has 0 spiro atoms. The van der Waals surface area contributed by atoms with Crippen LogP contribution in [0, 0.1) is 0 Å². The maximum absolute atomic E-state index is 11.3. The van der Waals surface area contributed by atoms with Crippen molar-refractivity contribution in [2.24, 2.45) is 0 Å². The Morgan fingerprint density at radius 3 is 1.85 bits per heavy atom. The molecule has 2 aromatic rings. The summed E-state index contributed by atoms with van der Waals surface area (Å²) in [4.78, 5) is 33.5. The Labute approximate surface area is 155 Å². The molecule has 0 aromatic heterocycles. The quantitative estimate of drug-likeness (QED) is 0.741. The predicted molar refractivity (Wildman–Crippen MR) is 70.6 cm³/mol. The van der Waals surface area contributed by atoms with Gasteiger partial charge in [-0.15, -0.1) is 0 Å². The van der Waals surface area contributed by atoms with Gasteiger partial charge in [-0.05, 0) is 16.8 Å². The second-order valence-electron chi connectivity index (χ2n) is 3.81. The first-order valence-corrected chi connectivity index (χ1v) is 5.19. The molecule has 0 aliphatic heterocycles. The number of aromatic carboxylic acids is 3. The summed E-state index contributed by atoms with van der Waals surface area (Å²) in [6.45, 7) is 0. The Morgan fingerprint density at radius 2 is 1.35 bits per heavy atom. The molecule has 0 aliphatic carbocycles. The van der Waals surface area contributed by atoms with E-state index in [0.29, 0.717) is 5.39 Å². The smallest absolute Gasteiger partial charge is 0.337 e. The first-order chi connectivity index (χ1) is 8.93. The third-order valence-electron chi connectivity index (χ3n) is 2.71. The summed E-state index contributed by atoms with van der Waals surface area (Å²) in [5.41, 5.74) is -1.76. The Balaban J connectivity index is 0.00000200. The van der Waals surface area contributed by atoms with Crippen LogP contribution in [0.4, 0.5) is 0 Å². The van der Waals surface area contributed by atoms with Crippen LogP contribution in [-0.4, -0.2) is 84.6 Å². The Hall–Kier alpha value is -1.25. The van der Waals surface area contributed by atoms with Gasteiger partial charge in [0.25, 0.3) is 0 Å². The number of hydrogen-bond donors (Lipinski definition) is 3. The van der Waals surface area contributed by atoms with Crippen molar-refractivity contribution < 1.29 is 29.7 Å². The Bertz CT molecular complexity index is 722. The van der Waals surface area contributed by atoms with Gasteiger partial charge in [0.2, 0.25) is 0 Å². The second kappa shape index (κ2) is 6.46. The van der Waals surface area contributed by atoms with E-state index in [1.165, 1.54) is 12.1 Å². The second-order valence-corrected chi connectivity index (χ2v) is 3.81. The number of fused-ring (bicyclic) bond motifs is 1. The van der Waals surface area contributed by atoms with Gasteiger partial charge < -0.3 is 15.3 Å². The molecule has 2 aromatic carbocycles. The van der Waals surface area contributed by atoms with E-state index < -0.39 is 34.6 Å². The summed E-state index contributed by atoms with van der Waals surface area (Å²) in [6, 6.07) is 7.30. The van der Waals surface area contributed by atoms with Crippen molar-refractivity contribution >= 4 is 80.1 Å². The molecule has 0 unspecified atom stereocenters. The molecule has 0 fully saturated rings. The van der Waals surface area contributed by atoms with E-state index in [1.54, 1.807) is 12.1 Å². The SMILES string of the molecule is O=C(O)c1cc2ccccc2c(C(=O)O)c1C(=O)O.[K]. The maximum atomic E-state index is 11.3. The van der Waals surface area contributed by atoms with Crippen LogP contribution in [0.3, 0.4) is 0 Å². The number of rotatable bonds is 3. The molecule has 0 bridgehead atoms. The summed E-state index contributed by atoms with van der Waals surface area (Å²) in [5, 5.41) is 27.8. The van der Waals surface area contributed by atoms with Gasteiger partial charge >= 0.3 is 17.9 Å². The summed E-state index contributed by atoms with van der Waals surface area (Å²) >= 11 is 0. The van der Waals surface area contributed by atoms with Gasteiger partial charge in [0.1, 0.15) is 0 Å². The minimum absolute atomic E-state index is 0. The van der Waals surface area contributed by atoms with Gasteiger partial charge in [-0.1, -0.05) is 24.3 Å². The van der Waals surface area contributed by atoms with E-state index in [1.807, 2.05) is 0 Å². The van der Waals surface area contributed by atoms with Crippen molar-refractivity contribution in [3.05, 3.63) is 47.0 Å². The number of carbonyl (C=O) groups is 3. The van der Waals surface area contributed by atoms with Crippen molar-refractivity contribution in [2.75, 3.05) is 0 Å². The van der Waals surface area contributed by atoms with Gasteiger partial charge in [0.15, 0.2) is 0 Å². The van der Waals surface area contributed by atoms with E-state index in [4.69, 9.17) is 15.3 Å². The fourth-order valence-electron chi connectivity index (χ4n) is 1.96. The Kier molecular flexibility index (Phi) is 5.43. The van der Waals surface area contributed by atoms with E-state index in [0.717, 1.165) is 6.07 Å². The van der Waals surface area contributed by atoms with Crippen LogP contribution in [0.25, 0.3) is 10.8 Å². The minimum atomic E-state index is -1.58. The van der Waals surface area contributed by atoms with E-state index in [-0.39, 0.29) is 56.8 Å². The molecular weight excluding hydrogens is 291 g/mol. The largest absolute Gasteiger partial charge is 0.478 e. The first kappa shape index (κ1) is 16.8. The van der Waals surface area contributed by atoms with Gasteiger partial charge in [0.05, 0.1) is 16.7 Å². The molecule has 3 N–H and O–H groups in total. The zero-order chi connectivity index (χ0) is 14.2. The summed E-state index contributed by atoms with van der Waals surface area (Å²) in [6.07, 6.45) is 0. The van der Waals surface area contributed by atoms with Crippen LogP contribution < -0.4 is 0 Å². The van der Waals surface area contributed by atoms with Crippen LogP contribution in [0.2, 0.25) is 0 Å². The zero-order valence-electron chi connectivity index (χ0n) is 10.5. The summed E-state index contributed by atoms with van der Waals surface area (Å²) < 4.78 is 0. The van der Waals surface area contributed by atoms with E-state index >= 15 is 0 Å². The molecule has 0 saturated heterocycles. The molecule has 0 atom stereocenters. The molecule has 0 saturated carbocycles.